The highest BCUT2D eigenvalue weighted by atomic mass is 16.5. The Morgan fingerprint density at radius 2 is 1.22 bits per heavy atom. The van der Waals surface area contributed by atoms with Crippen LogP contribution in [0.4, 0.5) is 0 Å². The molecule has 32 heavy (non-hydrogen) atoms. The van der Waals surface area contributed by atoms with E-state index in [1.807, 2.05) is 42.5 Å². The van der Waals surface area contributed by atoms with Gasteiger partial charge in [0, 0.05) is 11.1 Å². The summed E-state index contributed by atoms with van der Waals surface area (Å²) < 4.78 is 5.18. The molecule has 0 N–H and O–H groups in total. The van der Waals surface area contributed by atoms with Crippen molar-refractivity contribution in [1.29, 1.82) is 0 Å². The zero-order valence-electron chi connectivity index (χ0n) is 17.7. The van der Waals surface area contributed by atoms with Crippen LogP contribution in [0.15, 0.2) is 103 Å². The second kappa shape index (κ2) is 8.73. The minimum Gasteiger partial charge on any atom is -0.497 e. The molecule has 0 aliphatic heterocycles. The molecular formula is C31H20O. The van der Waals surface area contributed by atoms with Gasteiger partial charge in [-0.2, -0.15) is 0 Å². The van der Waals surface area contributed by atoms with Crippen molar-refractivity contribution < 1.29 is 4.74 Å². The second-order valence-electron chi connectivity index (χ2n) is 7.54. The number of methoxy groups -OCH3 is 1. The van der Waals surface area contributed by atoms with Crippen LogP contribution in [0.5, 0.6) is 5.75 Å². The molecule has 5 rings (SSSR count). The standard InChI is InChI=1S/C31H20O/c1-32-30-18-14-23(15-19-30)8-2-3-9-24-10-6-7-13-31(24)28-17-16-27-20-25-11-4-5-12-26(25)21-29(27)22-28/h4-7,10-22H,1H3. The zero-order valence-corrected chi connectivity index (χ0v) is 17.7. The molecule has 0 unspecified atom stereocenters. The second-order valence-corrected chi connectivity index (χ2v) is 7.54. The van der Waals surface area contributed by atoms with E-state index >= 15 is 0 Å². The third-order valence-electron chi connectivity index (χ3n) is 5.50. The van der Waals surface area contributed by atoms with E-state index in [2.05, 4.69) is 84.3 Å². The highest BCUT2D eigenvalue weighted by Crippen LogP contribution is 2.29. The molecule has 0 bridgehead atoms. The maximum Gasteiger partial charge on any atom is 0.118 e. The van der Waals surface area contributed by atoms with E-state index in [1.165, 1.54) is 21.5 Å². The Hall–Kier alpha value is -4.46. The lowest BCUT2D eigenvalue weighted by Gasteiger charge is -2.08. The van der Waals surface area contributed by atoms with Crippen LogP contribution in [0.25, 0.3) is 32.7 Å². The fourth-order valence-corrected chi connectivity index (χ4v) is 3.83. The topological polar surface area (TPSA) is 9.23 Å². The number of benzene rings is 5. The minimum absolute atomic E-state index is 0.818. The van der Waals surface area contributed by atoms with Crippen molar-refractivity contribution in [3.63, 3.8) is 0 Å². The number of ether oxygens (including phenoxy) is 1. The van der Waals surface area contributed by atoms with Crippen molar-refractivity contribution in [2.45, 2.75) is 0 Å². The molecule has 0 saturated carbocycles. The molecule has 0 aliphatic carbocycles. The van der Waals surface area contributed by atoms with E-state index in [0.717, 1.165) is 28.0 Å². The van der Waals surface area contributed by atoms with Gasteiger partial charge in [-0.25, -0.2) is 0 Å². The molecule has 1 nitrogen and oxygen atoms in total. The Kier molecular flexibility index (Phi) is 5.32. The molecule has 0 saturated heterocycles. The number of hydrogen-bond acceptors (Lipinski definition) is 1. The Morgan fingerprint density at radius 1 is 0.562 bits per heavy atom. The van der Waals surface area contributed by atoms with Crippen LogP contribution in [0.3, 0.4) is 0 Å². The van der Waals surface area contributed by atoms with Crippen molar-refractivity contribution >= 4 is 21.5 Å². The van der Waals surface area contributed by atoms with Gasteiger partial charge in [0.05, 0.1) is 7.11 Å². The van der Waals surface area contributed by atoms with E-state index in [4.69, 9.17) is 4.74 Å². The average Bonchev–Trinajstić information content (AvgIpc) is 2.85. The molecule has 0 amide bonds. The highest BCUT2D eigenvalue weighted by Gasteiger charge is 2.05. The largest absolute Gasteiger partial charge is 0.497 e. The number of fused-ring (bicyclic) bond motifs is 2. The van der Waals surface area contributed by atoms with Crippen LogP contribution >= 0.6 is 0 Å². The molecule has 0 radical (unpaired) electrons. The molecule has 0 heterocycles. The molecule has 5 aromatic rings. The smallest absolute Gasteiger partial charge is 0.118 e. The first kappa shape index (κ1) is 19.5. The van der Waals surface area contributed by atoms with Crippen molar-refractivity contribution in [3.05, 3.63) is 114 Å². The van der Waals surface area contributed by atoms with Crippen LogP contribution in [0, 0.1) is 23.7 Å². The van der Waals surface area contributed by atoms with Crippen LogP contribution in [-0.4, -0.2) is 7.11 Å². The Balaban J connectivity index is 1.48. The van der Waals surface area contributed by atoms with Crippen LogP contribution < -0.4 is 4.74 Å². The average molecular weight is 409 g/mol. The molecule has 1 heteroatoms. The first-order valence-corrected chi connectivity index (χ1v) is 10.5. The van der Waals surface area contributed by atoms with Gasteiger partial charge < -0.3 is 4.74 Å². The van der Waals surface area contributed by atoms with Gasteiger partial charge >= 0.3 is 0 Å². The van der Waals surface area contributed by atoms with Crippen molar-refractivity contribution in [2.75, 3.05) is 7.11 Å². The van der Waals surface area contributed by atoms with Crippen molar-refractivity contribution in [3.8, 4) is 40.6 Å². The SMILES string of the molecule is COc1ccc(C#CC#Cc2ccccc2-c2ccc3cc4ccccc4cc3c2)cc1. The maximum absolute atomic E-state index is 5.18. The Labute approximate surface area is 188 Å². The van der Waals surface area contributed by atoms with Gasteiger partial charge in [0.2, 0.25) is 0 Å². The minimum atomic E-state index is 0.818. The first-order chi connectivity index (χ1) is 15.8. The van der Waals surface area contributed by atoms with Crippen molar-refractivity contribution in [2.24, 2.45) is 0 Å². The van der Waals surface area contributed by atoms with Gasteiger partial charge in [0.15, 0.2) is 0 Å². The summed E-state index contributed by atoms with van der Waals surface area (Å²) in [4.78, 5) is 0. The zero-order chi connectivity index (χ0) is 21.8. The quantitative estimate of drug-likeness (QED) is 0.224. The maximum atomic E-state index is 5.18. The number of rotatable bonds is 2. The summed E-state index contributed by atoms with van der Waals surface area (Å²) in [6.07, 6.45) is 0. The summed E-state index contributed by atoms with van der Waals surface area (Å²) in [5.41, 5.74) is 4.15. The molecule has 0 aromatic heterocycles. The van der Waals surface area contributed by atoms with E-state index in [-0.39, 0.29) is 0 Å². The fourth-order valence-electron chi connectivity index (χ4n) is 3.83. The normalized spacial score (nSPS) is 10.2. The lowest BCUT2D eigenvalue weighted by molar-refractivity contribution is 0.415. The van der Waals surface area contributed by atoms with Gasteiger partial charge in [-0.15, -0.1) is 0 Å². The van der Waals surface area contributed by atoms with E-state index in [0.29, 0.717) is 0 Å². The molecule has 0 fully saturated rings. The molecule has 5 aromatic carbocycles. The predicted molar refractivity (Wildman–Crippen MR) is 134 cm³/mol. The summed E-state index contributed by atoms with van der Waals surface area (Å²) in [6, 6.07) is 35.4. The highest BCUT2D eigenvalue weighted by molar-refractivity contribution is 5.99. The van der Waals surface area contributed by atoms with Gasteiger partial charge in [0.25, 0.3) is 0 Å². The lowest BCUT2D eigenvalue weighted by atomic mass is 9.96. The Bertz CT molecular complexity index is 1550. The van der Waals surface area contributed by atoms with E-state index in [1.54, 1.807) is 7.11 Å². The lowest BCUT2D eigenvalue weighted by Crippen LogP contribution is -1.85. The molecule has 0 spiro atoms. The van der Waals surface area contributed by atoms with Crippen LogP contribution in [0.1, 0.15) is 11.1 Å². The van der Waals surface area contributed by atoms with Crippen molar-refractivity contribution in [1.82, 2.24) is 0 Å². The number of hydrogen-bond donors (Lipinski definition) is 0. The summed E-state index contributed by atoms with van der Waals surface area (Å²) in [7, 11) is 1.65. The summed E-state index contributed by atoms with van der Waals surface area (Å²) in [5, 5.41) is 4.97. The summed E-state index contributed by atoms with van der Waals surface area (Å²) >= 11 is 0. The van der Waals surface area contributed by atoms with Gasteiger partial charge in [-0.3, -0.25) is 0 Å². The van der Waals surface area contributed by atoms with E-state index in [9.17, 15) is 0 Å². The van der Waals surface area contributed by atoms with Gasteiger partial charge in [0.1, 0.15) is 5.75 Å². The molecule has 0 aliphatic rings. The first-order valence-electron chi connectivity index (χ1n) is 10.5. The third-order valence-corrected chi connectivity index (χ3v) is 5.50. The third kappa shape index (κ3) is 4.06. The monoisotopic (exact) mass is 408 g/mol. The fraction of sp³-hybridized carbons (Fsp3) is 0.0323. The van der Waals surface area contributed by atoms with E-state index < -0.39 is 0 Å². The molecular weight excluding hydrogens is 388 g/mol. The molecule has 150 valence electrons. The Morgan fingerprint density at radius 3 is 2.00 bits per heavy atom. The van der Waals surface area contributed by atoms with Gasteiger partial charge in [-0.05, 0) is 93.0 Å². The summed E-state index contributed by atoms with van der Waals surface area (Å²) in [5.74, 6) is 13.1. The van der Waals surface area contributed by atoms with Crippen LogP contribution in [0.2, 0.25) is 0 Å². The molecule has 0 atom stereocenters. The van der Waals surface area contributed by atoms with Crippen LogP contribution in [-0.2, 0) is 0 Å². The van der Waals surface area contributed by atoms with Gasteiger partial charge in [-0.1, -0.05) is 66.4 Å². The summed E-state index contributed by atoms with van der Waals surface area (Å²) in [6.45, 7) is 0. The predicted octanol–water partition coefficient (Wildman–Crippen LogP) is 7.07.